The van der Waals surface area contributed by atoms with Crippen molar-refractivity contribution in [2.45, 2.75) is 29.3 Å². The van der Waals surface area contributed by atoms with Crippen LogP contribution in [0.25, 0.3) is 0 Å². The molecule has 4 aromatic carbocycles. The van der Waals surface area contributed by atoms with Gasteiger partial charge in [0.2, 0.25) is 0 Å². The van der Waals surface area contributed by atoms with Crippen molar-refractivity contribution in [3.63, 3.8) is 0 Å². The first kappa shape index (κ1) is 27.9. The number of rotatable bonds is 6. The molecule has 0 aromatic heterocycles. The molecule has 9 nitrogen and oxygen atoms in total. The van der Waals surface area contributed by atoms with Gasteiger partial charge in [-0.25, -0.2) is 0 Å². The molecule has 1 N–H and O–H groups in total. The van der Waals surface area contributed by atoms with E-state index in [1.165, 1.54) is 18.2 Å². The molecule has 0 aliphatic carbocycles. The van der Waals surface area contributed by atoms with Gasteiger partial charge in [0.05, 0.1) is 29.6 Å². The van der Waals surface area contributed by atoms with Crippen LogP contribution in [-0.4, -0.2) is 36.6 Å². The zero-order chi connectivity index (χ0) is 30.6. The van der Waals surface area contributed by atoms with E-state index in [1.54, 1.807) is 17.0 Å². The summed E-state index contributed by atoms with van der Waals surface area (Å²) in [6, 6.07) is 31.8. The van der Waals surface area contributed by atoms with Gasteiger partial charge in [0.1, 0.15) is 4.99 Å². The monoisotopic (exact) mass is 620 g/mol. The van der Waals surface area contributed by atoms with Crippen LogP contribution in [0, 0.1) is 10.1 Å². The van der Waals surface area contributed by atoms with E-state index in [0.717, 1.165) is 27.8 Å². The summed E-state index contributed by atoms with van der Waals surface area (Å²) in [6.07, 6.45) is 0. The molecule has 3 atom stereocenters. The summed E-state index contributed by atoms with van der Waals surface area (Å²) in [7, 11) is 0. The van der Waals surface area contributed by atoms with E-state index in [0.29, 0.717) is 16.8 Å². The molecule has 3 aliphatic heterocycles. The van der Waals surface area contributed by atoms with Gasteiger partial charge in [-0.3, -0.25) is 29.4 Å². The lowest BCUT2D eigenvalue weighted by Crippen LogP contribution is -2.52. The largest absolute Gasteiger partial charge is 0.360 e. The molecule has 11 heteroatoms. The molecule has 2 spiro atoms. The molecular formula is C33H24N4O5S2. The number of carbonyl (C=O) groups is 3. The molecular weight excluding hydrogens is 597 g/mol. The maximum absolute atomic E-state index is 14.9. The molecule has 218 valence electrons. The molecule has 2 fully saturated rings. The Kier molecular flexibility index (Phi) is 6.60. The lowest BCUT2D eigenvalue weighted by molar-refractivity contribution is -0.384. The van der Waals surface area contributed by atoms with Crippen molar-refractivity contribution >= 4 is 57.4 Å². The number of hydrogen-bond acceptors (Lipinski definition) is 7. The fourth-order valence-corrected chi connectivity index (χ4v) is 8.43. The topological polar surface area (TPSA) is 113 Å². The highest BCUT2D eigenvalue weighted by Gasteiger charge is 2.75. The number of benzene rings is 4. The van der Waals surface area contributed by atoms with Crippen LogP contribution < -0.4 is 10.2 Å². The van der Waals surface area contributed by atoms with Crippen LogP contribution in [0.15, 0.2) is 109 Å². The van der Waals surface area contributed by atoms with Gasteiger partial charge in [-0.15, -0.1) is 0 Å². The van der Waals surface area contributed by atoms with E-state index in [2.05, 4.69) is 5.32 Å². The smallest absolute Gasteiger partial charge is 0.290 e. The van der Waals surface area contributed by atoms with Crippen LogP contribution in [0.3, 0.4) is 0 Å². The highest BCUT2D eigenvalue weighted by molar-refractivity contribution is 8.17. The number of amides is 3. The molecule has 2 saturated heterocycles. The second-order valence-electron chi connectivity index (χ2n) is 10.9. The molecule has 4 aromatic rings. The number of fused-ring (bicyclic) bond motifs is 2. The normalized spacial score (nSPS) is 24.0. The molecule has 3 heterocycles. The fourth-order valence-electron chi connectivity index (χ4n) is 6.63. The number of thioether (sulfide) groups is 1. The number of hydrogen-bond donors (Lipinski definition) is 1. The van der Waals surface area contributed by atoms with Crippen molar-refractivity contribution in [2.75, 3.05) is 4.90 Å². The molecule has 0 bridgehead atoms. The van der Waals surface area contributed by atoms with Crippen molar-refractivity contribution < 1.29 is 19.3 Å². The van der Waals surface area contributed by atoms with Gasteiger partial charge in [0, 0.05) is 17.7 Å². The van der Waals surface area contributed by atoms with Gasteiger partial charge < -0.3 is 10.2 Å². The minimum Gasteiger partial charge on any atom is -0.360 e. The third-order valence-corrected chi connectivity index (χ3v) is 10.4. The summed E-state index contributed by atoms with van der Waals surface area (Å²) in [4.78, 5) is 57.4. The Bertz CT molecular complexity index is 1870. The van der Waals surface area contributed by atoms with E-state index in [1.807, 2.05) is 78.9 Å². The minimum absolute atomic E-state index is 0.0230. The summed E-state index contributed by atoms with van der Waals surface area (Å²) in [5, 5.41) is 14.7. The van der Waals surface area contributed by atoms with Gasteiger partial charge in [-0.05, 0) is 34.5 Å². The number of para-hydroxylation sites is 1. The summed E-state index contributed by atoms with van der Waals surface area (Å²) >= 11 is 6.70. The van der Waals surface area contributed by atoms with E-state index in [-0.39, 0.29) is 29.7 Å². The number of nitro benzene ring substituents is 1. The maximum Gasteiger partial charge on any atom is 0.290 e. The third-order valence-electron chi connectivity index (χ3n) is 8.50. The van der Waals surface area contributed by atoms with Gasteiger partial charge in [0.15, 0.2) is 10.3 Å². The molecule has 44 heavy (non-hydrogen) atoms. The van der Waals surface area contributed by atoms with Crippen LogP contribution >= 0.6 is 24.0 Å². The van der Waals surface area contributed by atoms with E-state index in [9.17, 15) is 24.5 Å². The SMILES string of the molecule is O=C1S[C@@]2(C(=O)N1Cc1ccccc1)C(=S)N[C@]1(C(=O)N(Cc3ccccc3)c3ccccc31)[C@H]2c1cccc([N+](=O)[O-])c1. The highest BCUT2D eigenvalue weighted by Crippen LogP contribution is 2.62. The quantitative estimate of drug-likeness (QED) is 0.166. The van der Waals surface area contributed by atoms with Gasteiger partial charge in [-0.2, -0.15) is 0 Å². The Morgan fingerprint density at radius 1 is 0.795 bits per heavy atom. The number of thiocarbonyl (C=S) groups is 1. The average Bonchev–Trinajstić information content (AvgIpc) is 3.54. The van der Waals surface area contributed by atoms with E-state index in [4.69, 9.17) is 12.2 Å². The first-order valence-corrected chi connectivity index (χ1v) is 15.1. The second-order valence-corrected chi connectivity index (χ2v) is 12.5. The minimum atomic E-state index is -1.72. The Balaban J connectivity index is 1.43. The Morgan fingerprint density at radius 3 is 2.07 bits per heavy atom. The standard InChI is InChI=1S/C33H24N4O5S2/c38-29-32(25-16-7-8-17-26(25)35(29)19-21-10-3-1-4-11-21)27(23-14-9-15-24(18-23)37(41)42)33(28(43)34-32)30(39)36(31(40)44-33)20-22-12-5-2-6-13-22/h1-18,27H,19-20H2,(H,34,43)/t27-,32+,33-/m1/s1. The van der Waals surface area contributed by atoms with E-state index < -0.39 is 32.3 Å². The highest BCUT2D eigenvalue weighted by atomic mass is 32.2. The van der Waals surface area contributed by atoms with Crippen LogP contribution in [-0.2, 0) is 28.2 Å². The maximum atomic E-state index is 14.9. The van der Waals surface area contributed by atoms with Crippen molar-refractivity contribution in [2.24, 2.45) is 0 Å². The molecule has 0 radical (unpaired) electrons. The number of carbonyl (C=O) groups excluding carboxylic acids is 3. The molecule has 0 unspecified atom stereocenters. The lowest BCUT2D eigenvalue weighted by Gasteiger charge is -2.35. The third kappa shape index (κ3) is 4.00. The molecule has 0 saturated carbocycles. The summed E-state index contributed by atoms with van der Waals surface area (Å²) in [5.74, 6) is -2.01. The number of anilines is 1. The summed E-state index contributed by atoms with van der Waals surface area (Å²) in [5.41, 5.74) is 1.40. The van der Waals surface area contributed by atoms with Crippen LogP contribution in [0.1, 0.15) is 28.2 Å². The number of nitrogens with one attached hydrogen (secondary N) is 1. The number of imide groups is 1. The zero-order valence-electron chi connectivity index (χ0n) is 23.1. The predicted molar refractivity (Wildman–Crippen MR) is 170 cm³/mol. The van der Waals surface area contributed by atoms with Crippen molar-refractivity contribution in [3.05, 3.63) is 142 Å². The summed E-state index contributed by atoms with van der Waals surface area (Å²) in [6.45, 7) is 0.275. The number of nitrogens with zero attached hydrogens (tertiary/aromatic N) is 3. The molecule has 7 rings (SSSR count). The second kappa shape index (κ2) is 10.4. The van der Waals surface area contributed by atoms with Gasteiger partial charge in [-0.1, -0.05) is 103 Å². The molecule has 3 aliphatic rings. The first-order valence-electron chi connectivity index (χ1n) is 13.9. The van der Waals surface area contributed by atoms with Crippen LogP contribution in [0.5, 0.6) is 0 Å². The summed E-state index contributed by atoms with van der Waals surface area (Å²) < 4.78 is -1.72. The Labute approximate surface area is 262 Å². The van der Waals surface area contributed by atoms with Crippen molar-refractivity contribution in [3.8, 4) is 0 Å². The molecule has 3 amide bonds. The average molecular weight is 621 g/mol. The fraction of sp³-hybridized carbons (Fsp3) is 0.152. The van der Waals surface area contributed by atoms with Crippen LogP contribution in [0.2, 0.25) is 0 Å². The Hall–Kier alpha value is -4.87. The number of nitro groups is 1. The van der Waals surface area contributed by atoms with Crippen LogP contribution in [0.4, 0.5) is 16.2 Å². The van der Waals surface area contributed by atoms with E-state index >= 15 is 0 Å². The zero-order valence-corrected chi connectivity index (χ0v) is 24.7. The van der Waals surface area contributed by atoms with Gasteiger partial charge >= 0.3 is 0 Å². The van der Waals surface area contributed by atoms with Crippen molar-refractivity contribution in [1.29, 1.82) is 0 Å². The first-order chi connectivity index (χ1) is 21.3. The van der Waals surface area contributed by atoms with Gasteiger partial charge in [0.25, 0.3) is 22.7 Å². The predicted octanol–water partition coefficient (Wildman–Crippen LogP) is 5.69. The number of non-ortho nitro benzene ring substituents is 1. The van der Waals surface area contributed by atoms with Crippen molar-refractivity contribution in [1.82, 2.24) is 10.2 Å². The lowest BCUT2D eigenvalue weighted by atomic mass is 9.71. The Morgan fingerprint density at radius 2 is 1.41 bits per heavy atom.